The van der Waals surface area contributed by atoms with Crippen molar-refractivity contribution in [1.82, 2.24) is 10.2 Å². The second-order valence-electron chi connectivity index (χ2n) is 7.27. The molecule has 1 amide bonds. The van der Waals surface area contributed by atoms with Crippen LogP contribution in [0.5, 0.6) is 5.75 Å². The van der Waals surface area contributed by atoms with Crippen LogP contribution in [0.4, 0.5) is 0 Å². The Hall–Kier alpha value is -2.33. The Morgan fingerprint density at radius 2 is 1.78 bits per heavy atom. The topological polar surface area (TPSA) is 41.6 Å². The molecule has 1 aliphatic heterocycles. The maximum Gasteiger partial charge on any atom is 0.251 e. The lowest BCUT2D eigenvalue weighted by Crippen LogP contribution is -2.36. The van der Waals surface area contributed by atoms with Crippen molar-refractivity contribution in [1.29, 1.82) is 0 Å². The maximum absolute atomic E-state index is 12.6. The van der Waals surface area contributed by atoms with Crippen LogP contribution >= 0.6 is 0 Å². The van der Waals surface area contributed by atoms with Crippen molar-refractivity contribution >= 4 is 5.91 Å². The molecule has 0 aliphatic carbocycles. The summed E-state index contributed by atoms with van der Waals surface area (Å²) in [6.07, 6.45) is 2.44. The lowest BCUT2D eigenvalue weighted by Gasteiger charge is -2.28. The summed E-state index contributed by atoms with van der Waals surface area (Å²) in [6, 6.07) is 14.4. The van der Waals surface area contributed by atoms with Crippen LogP contribution in [-0.2, 0) is 0 Å². The summed E-state index contributed by atoms with van der Waals surface area (Å²) in [4.78, 5) is 15.1. The smallest absolute Gasteiger partial charge is 0.251 e. The van der Waals surface area contributed by atoms with Crippen LogP contribution in [0.3, 0.4) is 0 Å². The Morgan fingerprint density at radius 1 is 1.07 bits per heavy atom. The van der Waals surface area contributed by atoms with Crippen LogP contribution in [-0.4, -0.2) is 37.0 Å². The van der Waals surface area contributed by atoms with E-state index in [4.69, 9.17) is 4.74 Å². The van der Waals surface area contributed by atoms with Crippen LogP contribution in [0.15, 0.2) is 42.5 Å². The van der Waals surface area contributed by atoms with Gasteiger partial charge in [-0.05, 0) is 87.7 Å². The summed E-state index contributed by atoms with van der Waals surface area (Å²) < 4.78 is 5.56. The summed E-state index contributed by atoms with van der Waals surface area (Å²) >= 11 is 0. The SMILES string of the molecule is CCOc1ccc(C(CNC(=O)c2ccc(C)c(C)c2)N2CCCC2)cc1. The molecule has 4 nitrogen and oxygen atoms in total. The third kappa shape index (κ3) is 4.89. The lowest BCUT2D eigenvalue weighted by molar-refractivity contribution is 0.0938. The molecule has 1 unspecified atom stereocenters. The van der Waals surface area contributed by atoms with Gasteiger partial charge >= 0.3 is 0 Å². The standard InChI is InChI=1S/C23H30N2O2/c1-4-27-21-11-9-19(10-12-21)22(25-13-5-6-14-25)16-24-23(26)20-8-7-17(2)18(3)15-20/h7-12,15,22H,4-6,13-14,16H2,1-3H3,(H,24,26). The fourth-order valence-corrected chi connectivity index (χ4v) is 3.64. The van der Waals surface area contributed by atoms with Gasteiger partial charge in [0.25, 0.3) is 5.91 Å². The van der Waals surface area contributed by atoms with E-state index in [1.807, 2.05) is 44.2 Å². The number of amides is 1. The van der Waals surface area contributed by atoms with Gasteiger partial charge in [0.15, 0.2) is 0 Å². The van der Waals surface area contributed by atoms with Gasteiger partial charge in [0, 0.05) is 12.1 Å². The number of nitrogens with one attached hydrogen (secondary N) is 1. The second kappa shape index (κ2) is 9.05. The van der Waals surface area contributed by atoms with Crippen LogP contribution in [0.2, 0.25) is 0 Å². The van der Waals surface area contributed by atoms with Gasteiger partial charge in [0.2, 0.25) is 0 Å². The van der Waals surface area contributed by atoms with Gasteiger partial charge < -0.3 is 10.1 Å². The van der Waals surface area contributed by atoms with E-state index in [1.54, 1.807) is 0 Å². The second-order valence-corrected chi connectivity index (χ2v) is 7.27. The number of carbonyl (C=O) groups is 1. The molecule has 1 N–H and O–H groups in total. The first-order valence-corrected chi connectivity index (χ1v) is 9.90. The van der Waals surface area contributed by atoms with Crippen molar-refractivity contribution in [2.75, 3.05) is 26.2 Å². The third-order valence-electron chi connectivity index (χ3n) is 5.38. The number of likely N-dealkylation sites (tertiary alicyclic amines) is 1. The van der Waals surface area contributed by atoms with E-state index in [0.29, 0.717) is 13.2 Å². The molecule has 2 aromatic carbocycles. The quantitative estimate of drug-likeness (QED) is 0.796. The molecule has 3 rings (SSSR count). The number of nitrogens with zero attached hydrogens (tertiary/aromatic N) is 1. The monoisotopic (exact) mass is 366 g/mol. The molecule has 0 spiro atoms. The predicted molar refractivity (Wildman–Crippen MR) is 109 cm³/mol. The van der Waals surface area contributed by atoms with E-state index in [1.165, 1.54) is 24.0 Å². The molecule has 0 saturated carbocycles. The summed E-state index contributed by atoms with van der Waals surface area (Å²) in [6.45, 7) is 9.53. The van der Waals surface area contributed by atoms with Crippen LogP contribution in [0, 0.1) is 13.8 Å². The molecule has 1 atom stereocenters. The van der Waals surface area contributed by atoms with E-state index in [0.717, 1.165) is 30.0 Å². The van der Waals surface area contributed by atoms with Gasteiger partial charge in [0.1, 0.15) is 5.75 Å². The van der Waals surface area contributed by atoms with Crippen LogP contribution in [0.1, 0.15) is 52.9 Å². The molecule has 2 aromatic rings. The Labute approximate surface area is 162 Å². The Bertz CT molecular complexity index is 764. The first-order valence-electron chi connectivity index (χ1n) is 9.90. The number of hydrogen-bond acceptors (Lipinski definition) is 3. The molecule has 1 heterocycles. The van der Waals surface area contributed by atoms with Crippen molar-refractivity contribution in [3.05, 3.63) is 64.7 Å². The van der Waals surface area contributed by atoms with Crippen LogP contribution < -0.4 is 10.1 Å². The van der Waals surface area contributed by atoms with Gasteiger partial charge in [-0.15, -0.1) is 0 Å². The summed E-state index contributed by atoms with van der Waals surface area (Å²) in [7, 11) is 0. The van der Waals surface area contributed by atoms with E-state index in [2.05, 4.69) is 29.3 Å². The predicted octanol–water partition coefficient (Wildman–Crippen LogP) is 4.27. The highest BCUT2D eigenvalue weighted by atomic mass is 16.5. The zero-order valence-electron chi connectivity index (χ0n) is 16.6. The number of rotatable bonds is 7. The fourth-order valence-electron chi connectivity index (χ4n) is 3.64. The molecular formula is C23H30N2O2. The summed E-state index contributed by atoms with van der Waals surface area (Å²) in [5, 5.41) is 3.15. The molecule has 4 heteroatoms. The van der Waals surface area contributed by atoms with E-state index < -0.39 is 0 Å². The molecule has 0 bridgehead atoms. The van der Waals surface area contributed by atoms with E-state index in [-0.39, 0.29) is 11.9 Å². The minimum absolute atomic E-state index is 0.00627. The molecule has 1 fully saturated rings. The number of aryl methyl sites for hydroxylation is 2. The van der Waals surface area contributed by atoms with Gasteiger partial charge in [-0.25, -0.2) is 0 Å². The number of carbonyl (C=O) groups excluding carboxylic acids is 1. The first-order chi connectivity index (χ1) is 13.1. The largest absolute Gasteiger partial charge is 0.494 e. The normalized spacial score (nSPS) is 15.5. The molecule has 0 aromatic heterocycles. The Kier molecular flexibility index (Phi) is 6.51. The van der Waals surface area contributed by atoms with Crippen LogP contribution in [0.25, 0.3) is 0 Å². The average Bonchev–Trinajstić information content (AvgIpc) is 3.20. The molecule has 1 saturated heterocycles. The van der Waals surface area contributed by atoms with Crippen molar-refractivity contribution in [3.8, 4) is 5.75 Å². The highest BCUT2D eigenvalue weighted by Gasteiger charge is 2.24. The summed E-state index contributed by atoms with van der Waals surface area (Å²) in [5.74, 6) is 0.883. The molecule has 0 radical (unpaired) electrons. The van der Waals surface area contributed by atoms with Crippen molar-refractivity contribution < 1.29 is 9.53 Å². The van der Waals surface area contributed by atoms with Gasteiger partial charge in [-0.3, -0.25) is 9.69 Å². The Morgan fingerprint density at radius 3 is 2.41 bits per heavy atom. The summed E-state index contributed by atoms with van der Waals surface area (Å²) in [5.41, 5.74) is 4.30. The van der Waals surface area contributed by atoms with E-state index >= 15 is 0 Å². The van der Waals surface area contributed by atoms with Crippen molar-refractivity contribution in [2.24, 2.45) is 0 Å². The first kappa shape index (κ1) is 19.4. The Balaban J connectivity index is 1.71. The number of benzene rings is 2. The molecular weight excluding hydrogens is 336 g/mol. The van der Waals surface area contributed by atoms with Gasteiger partial charge in [0.05, 0.1) is 12.6 Å². The maximum atomic E-state index is 12.6. The fraction of sp³-hybridized carbons (Fsp3) is 0.435. The molecule has 1 aliphatic rings. The highest BCUT2D eigenvalue weighted by Crippen LogP contribution is 2.26. The van der Waals surface area contributed by atoms with E-state index in [9.17, 15) is 4.79 Å². The number of ether oxygens (including phenoxy) is 1. The zero-order valence-corrected chi connectivity index (χ0v) is 16.6. The minimum atomic E-state index is -0.00627. The molecule has 144 valence electrons. The zero-order chi connectivity index (χ0) is 19.2. The third-order valence-corrected chi connectivity index (χ3v) is 5.38. The highest BCUT2D eigenvalue weighted by molar-refractivity contribution is 5.94. The minimum Gasteiger partial charge on any atom is -0.494 e. The van der Waals surface area contributed by atoms with Crippen molar-refractivity contribution in [2.45, 2.75) is 39.7 Å². The average molecular weight is 367 g/mol. The number of hydrogen-bond donors (Lipinski definition) is 1. The van der Waals surface area contributed by atoms with Gasteiger partial charge in [-0.2, -0.15) is 0 Å². The molecule has 27 heavy (non-hydrogen) atoms. The van der Waals surface area contributed by atoms with Crippen molar-refractivity contribution in [3.63, 3.8) is 0 Å². The lowest BCUT2D eigenvalue weighted by atomic mass is 10.0. The van der Waals surface area contributed by atoms with Gasteiger partial charge in [-0.1, -0.05) is 18.2 Å².